The van der Waals surface area contributed by atoms with Crippen molar-refractivity contribution < 1.29 is 9.47 Å². The number of benzene rings is 2. The van der Waals surface area contributed by atoms with Gasteiger partial charge in [-0.25, -0.2) is 4.98 Å². The van der Waals surface area contributed by atoms with Crippen molar-refractivity contribution in [2.45, 2.75) is 19.6 Å². The minimum absolute atomic E-state index is 0.0795. The lowest BCUT2D eigenvalue weighted by Gasteiger charge is -2.26. The van der Waals surface area contributed by atoms with Gasteiger partial charge >= 0.3 is 0 Å². The Morgan fingerprint density at radius 2 is 1.88 bits per heavy atom. The SMILES string of the molecule is COc1cc(OC)c2c(c1)N(c1ccc3ncc(-c4cnn(C)c4)nc3c1)CCN(C(C)N)C2. The molecule has 0 amide bonds. The van der Waals surface area contributed by atoms with E-state index in [2.05, 4.69) is 38.1 Å². The number of hydrogen-bond donors (Lipinski definition) is 1. The maximum atomic E-state index is 6.29. The zero-order valence-electron chi connectivity index (χ0n) is 19.9. The third-order valence-electron chi connectivity index (χ3n) is 6.29. The summed E-state index contributed by atoms with van der Waals surface area (Å²) in [6.45, 7) is 4.26. The highest BCUT2D eigenvalue weighted by atomic mass is 16.5. The number of rotatable bonds is 5. The Bertz CT molecular complexity index is 1330. The van der Waals surface area contributed by atoms with E-state index >= 15 is 0 Å². The molecule has 0 bridgehead atoms. The summed E-state index contributed by atoms with van der Waals surface area (Å²) < 4.78 is 13.1. The van der Waals surface area contributed by atoms with Crippen LogP contribution in [-0.4, -0.2) is 58.1 Å². The van der Waals surface area contributed by atoms with Crippen molar-refractivity contribution >= 4 is 22.4 Å². The number of anilines is 2. The summed E-state index contributed by atoms with van der Waals surface area (Å²) in [5, 5.41) is 4.26. The van der Waals surface area contributed by atoms with Crippen LogP contribution in [0.25, 0.3) is 22.3 Å². The van der Waals surface area contributed by atoms with Gasteiger partial charge < -0.3 is 20.1 Å². The van der Waals surface area contributed by atoms with Crippen LogP contribution in [0.1, 0.15) is 12.5 Å². The summed E-state index contributed by atoms with van der Waals surface area (Å²) >= 11 is 0. The molecule has 1 atom stereocenters. The van der Waals surface area contributed by atoms with Crippen LogP contribution in [-0.2, 0) is 13.6 Å². The van der Waals surface area contributed by atoms with Crippen molar-refractivity contribution in [2.24, 2.45) is 12.8 Å². The van der Waals surface area contributed by atoms with Crippen molar-refractivity contribution in [3.8, 4) is 22.8 Å². The lowest BCUT2D eigenvalue weighted by Crippen LogP contribution is -2.41. The normalized spacial score (nSPS) is 15.1. The molecule has 0 fully saturated rings. The topological polar surface area (TPSA) is 94.6 Å². The molecule has 3 heterocycles. The molecule has 9 nitrogen and oxygen atoms in total. The Labute approximate surface area is 198 Å². The number of hydrogen-bond acceptors (Lipinski definition) is 8. The van der Waals surface area contributed by atoms with Crippen LogP contribution in [0.5, 0.6) is 11.5 Å². The van der Waals surface area contributed by atoms with E-state index < -0.39 is 0 Å². The number of nitrogens with two attached hydrogens (primary N) is 1. The molecule has 0 saturated heterocycles. The molecular formula is C25H29N7O2. The number of aryl methyl sites for hydroxylation is 1. The van der Waals surface area contributed by atoms with E-state index in [9.17, 15) is 0 Å². The zero-order valence-corrected chi connectivity index (χ0v) is 19.9. The summed E-state index contributed by atoms with van der Waals surface area (Å²) in [5.41, 5.74) is 12.8. The van der Waals surface area contributed by atoms with Crippen molar-refractivity contribution in [1.82, 2.24) is 24.6 Å². The predicted molar refractivity (Wildman–Crippen MR) is 132 cm³/mol. The van der Waals surface area contributed by atoms with E-state index in [-0.39, 0.29) is 6.17 Å². The number of methoxy groups -OCH3 is 2. The van der Waals surface area contributed by atoms with Gasteiger partial charge in [-0.05, 0) is 25.1 Å². The van der Waals surface area contributed by atoms with E-state index in [0.717, 1.165) is 63.8 Å². The summed E-state index contributed by atoms with van der Waals surface area (Å²) in [6.07, 6.45) is 5.44. The van der Waals surface area contributed by atoms with Gasteiger partial charge in [0.1, 0.15) is 11.5 Å². The fraction of sp³-hybridized carbons (Fsp3) is 0.320. The largest absolute Gasteiger partial charge is 0.497 e. The lowest BCUT2D eigenvalue weighted by atomic mass is 10.1. The van der Waals surface area contributed by atoms with E-state index in [1.807, 2.05) is 32.3 Å². The van der Waals surface area contributed by atoms with Gasteiger partial charge in [0.2, 0.25) is 0 Å². The van der Waals surface area contributed by atoms with E-state index in [1.54, 1.807) is 31.3 Å². The number of fused-ring (bicyclic) bond motifs is 2. The lowest BCUT2D eigenvalue weighted by molar-refractivity contribution is 0.212. The molecule has 0 saturated carbocycles. The van der Waals surface area contributed by atoms with Crippen molar-refractivity contribution in [2.75, 3.05) is 32.2 Å². The first-order valence-electron chi connectivity index (χ1n) is 11.2. The molecular weight excluding hydrogens is 430 g/mol. The van der Waals surface area contributed by atoms with E-state index in [1.165, 1.54) is 0 Å². The van der Waals surface area contributed by atoms with Crippen LogP contribution in [0.4, 0.5) is 11.4 Å². The van der Waals surface area contributed by atoms with Crippen LogP contribution >= 0.6 is 0 Å². The molecule has 34 heavy (non-hydrogen) atoms. The van der Waals surface area contributed by atoms with E-state index in [4.69, 9.17) is 20.2 Å². The molecule has 1 aliphatic heterocycles. The van der Waals surface area contributed by atoms with Crippen LogP contribution in [0, 0.1) is 0 Å². The number of aromatic nitrogens is 4. The molecule has 2 aromatic carbocycles. The third kappa shape index (κ3) is 4.04. The minimum Gasteiger partial charge on any atom is -0.497 e. The Hall–Kier alpha value is -3.69. The number of ether oxygens (including phenoxy) is 2. The first kappa shape index (κ1) is 22.1. The van der Waals surface area contributed by atoms with Gasteiger partial charge in [0.25, 0.3) is 0 Å². The van der Waals surface area contributed by atoms with Gasteiger partial charge in [0.15, 0.2) is 0 Å². The highest BCUT2D eigenvalue weighted by Gasteiger charge is 2.26. The van der Waals surface area contributed by atoms with Crippen LogP contribution in [0.2, 0.25) is 0 Å². The average molecular weight is 460 g/mol. The number of nitrogens with zero attached hydrogens (tertiary/aromatic N) is 6. The van der Waals surface area contributed by atoms with Gasteiger partial charge in [-0.15, -0.1) is 0 Å². The average Bonchev–Trinajstić information content (AvgIpc) is 3.18. The van der Waals surface area contributed by atoms with Gasteiger partial charge in [0.05, 0.1) is 55.2 Å². The van der Waals surface area contributed by atoms with Crippen molar-refractivity contribution in [1.29, 1.82) is 0 Å². The maximum Gasteiger partial charge on any atom is 0.129 e. The quantitative estimate of drug-likeness (QED) is 0.486. The summed E-state index contributed by atoms with van der Waals surface area (Å²) in [7, 11) is 5.25. The summed E-state index contributed by atoms with van der Waals surface area (Å²) in [6, 6.07) is 10.2. The second kappa shape index (κ2) is 8.92. The smallest absolute Gasteiger partial charge is 0.129 e. The van der Waals surface area contributed by atoms with Crippen LogP contribution < -0.4 is 20.1 Å². The minimum atomic E-state index is -0.0795. The van der Waals surface area contributed by atoms with Crippen molar-refractivity contribution in [3.05, 3.63) is 54.5 Å². The molecule has 2 aromatic heterocycles. The fourth-order valence-corrected chi connectivity index (χ4v) is 4.41. The third-order valence-corrected chi connectivity index (χ3v) is 6.29. The van der Waals surface area contributed by atoms with E-state index in [0.29, 0.717) is 6.54 Å². The molecule has 9 heteroatoms. The first-order valence-corrected chi connectivity index (χ1v) is 11.2. The highest BCUT2D eigenvalue weighted by molar-refractivity contribution is 5.83. The summed E-state index contributed by atoms with van der Waals surface area (Å²) in [5.74, 6) is 1.53. The highest BCUT2D eigenvalue weighted by Crippen LogP contribution is 2.40. The van der Waals surface area contributed by atoms with Gasteiger partial charge in [-0.1, -0.05) is 0 Å². The van der Waals surface area contributed by atoms with Crippen molar-refractivity contribution in [3.63, 3.8) is 0 Å². The maximum absolute atomic E-state index is 6.29. The zero-order chi connectivity index (χ0) is 23.8. The predicted octanol–water partition coefficient (Wildman–Crippen LogP) is 3.31. The molecule has 176 valence electrons. The Balaban J connectivity index is 1.63. The van der Waals surface area contributed by atoms with Gasteiger partial charge in [-0.2, -0.15) is 5.10 Å². The Morgan fingerprint density at radius 1 is 1.03 bits per heavy atom. The Kier molecular flexibility index (Phi) is 5.80. The van der Waals surface area contributed by atoms with Gasteiger partial charge in [-0.3, -0.25) is 14.6 Å². The molecule has 1 aliphatic rings. The monoisotopic (exact) mass is 459 g/mol. The molecule has 0 aliphatic carbocycles. The molecule has 5 rings (SSSR count). The molecule has 1 unspecified atom stereocenters. The van der Waals surface area contributed by atoms with Crippen LogP contribution in [0.3, 0.4) is 0 Å². The Morgan fingerprint density at radius 3 is 2.59 bits per heavy atom. The summed E-state index contributed by atoms with van der Waals surface area (Å²) in [4.78, 5) is 14.0. The molecule has 2 N–H and O–H groups in total. The molecule has 0 spiro atoms. The molecule has 4 aromatic rings. The first-order chi connectivity index (χ1) is 16.5. The standard InChI is InChI=1S/C25H29N7O2/c1-16(26)31-7-8-32(24-10-19(33-3)11-25(34-4)20(24)15-31)18-5-6-21-22(9-18)29-23(13-27-21)17-12-28-30(2)14-17/h5-6,9-14,16H,7-8,15,26H2,1-4H3. The van der Waals surface area contributed by atoms with Gasteiger partial charge in [0, 0.05) is 61.8 Å². The fourth-order valence-electron chi connectivity index (χ4n) is 4.41. The second-order valence-corrected chi connectivity index (χ2v) is 8.52. The van der Waals surface area contributed by atoms with Crippen LogP contribution in [0.15, 0.2) is 48.9 Å². The molecule has 0 radical (unpaired) electrons. The second-order valence-electron chi connectivity index (χ2n) is 8.52.